The van der Waals surface area contributed by atoms with E-state index in [2.05, 4.69) is 34.7 Å². The molecule has 1 aromatic heterocycles. The molecule has 2 aromatic rings. The van der Waals surface area contributed by atoms with Crippen LogP contribution in [-0.2, 0) is 11.8 Å². The largest absolute Gasteiger partial charge is 0.353 e. The van der Waals surface area contributed by atoms with Crippen molar-refractivity contribution in [2.45, 2.75) is 69.6 Å². The number of thioether (sulfide) groups is 1. The summed E-state index contributed by atoms with van der Waals surface area (Å²) in [4.78, 5) is 25.3. The lowest BCUT2D eigenvalue weighted by molar-refractivity contribution is -0.119. The molecule has 0 saturated heterocycles. The molecular weight excluding hydrogens is 481 g/mol. The van der Waals surface area contributed by atoms with E-state index >= 15 is 0 Å². The fourth-order valence-electron chi connectivity index (χ4n) is 4.01. The minimum absolute atomic E-state index is 0.0147. The summed E-state index contributed by atoms with van der Waals surface area (Å²) < 4.78 is 1.84. The molecule has 1 aliphatic rings. The Labute approximate surface area is 209 Å². The number of nitrogens with zero attached hydrogens (tertiary/aromatic N) is 3. The van der Waals surface area contributed by atoms with E-state index in [0.717, 1.165) is 12.8 Å². The number of nitrogens with one attached hydrogen (secondary N) is 2. The lowest BCUT2D eigenvalue weighted by Crippen LogP contribution is -2.37. The first-order valence-electron chi connectivity index (χ1n) is 11.3. The monoisotopic (exact) mass is 511 g/mol. The number of carbonyl (C=O) groups excluding carboxylic acids is 2. The molecule has 0 radical (unpaired) electrons. The molecule has 0 spiro atoms. The second kappa shape index (κ2) is 12.1. The Kier molecular flexibility index (Phi) is 9.47. The normalized spacial score (nSPS) is 15.5. The summed E-state index contributed by atoms with van der Waals surface area (Å²) >= 11 is 13.5. The summed E-state index contributed by atoms with van der Waals surface area (Å²) in [5.74, 6) is 0.944. The van der Waals surface area contributed by atoms with Crippen LogP contribution in [0.25, 0.3) is 0 Å². The molecule has 1 saturated carbocycles. The molecular formula is C23H31Cl2N5O2S. The van der Waals surface area contributed by atoms with Crippen molar-refractivity contribution in [3.05, 3.63) is 39.6 Å². The van der Waals surface area contributed by atoms with E-state index in [1.54, 1.807) is 18.2 Å². The van der Waals surface area contributed by atoms with Gasteiger partial charge in [-0.25, -0.2) is 0 Å². The number of hydrogen-bond donors (Lipinski definition) is 2. The zero-order valence-electron chi connectivity index (χ0n) is 19.2. The summed E-state index contributed by atoms with van der Waals surface area (Å²) in [7, 11) is 1.85. The van der Waals surface area contributed by atoms with Crippen molar-refractivity contribution in [3.63, 3.8) is 0 Å². The maximum Gasteiger partial charge on any atom is 0.253 e. The van der Waals surface area contributed by atoms with Crippen LogP contribution in [-0.4, -0.2) is 38.4 Å². The second-order valence-corrected chi connectivity index (χ2v) is 10.7. The van der Waals surface area contributed by atoms with Gasteiger partial charge in [0.05, 0.1) is 22.4 Å². The average Bonchev–Trinajstić information content (AvgIpc) is 3.12. The third-order valence-corrected chi connectivity index (χ3v) is 7.24. The summed E-state index contributed by atoms with van der Waals surface area (Å²) in [5.41, 5.74) is 0.353. The average molecular weight is 513 g/mol. The van der Waals surface area contributed by atoms with Crippen LogP contribution in [0.2, 0.25) is 10.0 Å². The Morgan fingerprint density at radius 2 is 1.91 bits per heavy atom. The van der Waals surface area contributed by atoms with Gasteiger partial charge >= 0.3 is 0 Å². The maximum absolute atomic E-state index is 12.9. The van der Waals surface area contributed by atoms with Crippen molar-refractivity contribution in [1.29, 1.82) is 0 Å². The quantitative estimate of drug-likeness (QED) is 0.452. The van der Waals surface area contributed by atoms with Gasteiger partial charge in [-0.05, 0) is 43.4 Å². The molecule has 33 heavy (non-hydrogen) atoms. The number of amides is 2. The molecule has 2 amide bonds. The van der Waals surface area contributed by atoms with Gasteiger partial charge in [-0.2, -0.15) is 0 Å². The number of halogens is 2. The van der Waals surface area contributed by atoms with Crippen molar-refractivity contribution in [2.75, 3.05) is 5.75 Å². The highest BCUT2D eigenvalue weighted by atomic mass is 35.5. The van der Waals surface area contributed by atoms with E-state index in [-0.39, 0.29) is 29.7 Å². The summed E-state index contributed by atoms with van der Waals surface area (Å²) in [6.07, 6.45) is 6.39. The number of benzene rings is 1. The molecule has 0 aliphatic heterocycles. The predicted molar refractivity (Wildman–Crippen MR) is 133 cm³/mol. The highest BCUT2D eigenvalue weighted by Crippen LogP contribution is 2.26. The van der Waals surface area contributed by atoms with Crippen LogP contribution < -0.4 is 10.6 Å². The van der Waals surface area contributed by atoms with Crippen molar-refractivity contribution >= 4 is 46.8 Å². The van der Waals surface area contributed by atoms with E-state index in [0.29, 0.717) is 38.9 Å². The third kappa shape index (κ3) is 7.36. The van der Waals surface area contributed by atoms with Crippen LogP contribution in [0.4, 0.5) is 0 Å². The number of carbonyl (C=O) groups is 2. The fraction of sp³-hybridized carbons (Fsp3) is 0.565. The third-order valence-electron chi connectivity index (χ3n) is 5.67. The Balaban J connectivity index is 1.66. The molecule has 2 N–H and O–H groups in total. The highest BCUT2D eigenvalue weighted by Gasteiger charge is 2.25. The van der Waals surface area contributed by atoms with Crippen LogP contribution in [0.5, 0.6) is 0 Å². The Bertz CT molecular complexity index is 976. The highest BCUT2D eigenvalue weighted by molar-refractivity contribution is 7.99. The zero-order valence-corrected chi connectivity index (χ0v) is 21.6. The van der Waals surface area contributed by atoms with Crippen molar-refractivity contribution < 1.29 is 9.59 Å². The van der Waals surface area contributed by atoms with E-state index in [4.69, 9.17) is 23.2 Å². The van der Waals surface area contributed by atoms with Crippen LogP contribution >= 0.6 is 35.0 Å². The first kappa shape index (κ1) is 25.8. The summed E-state index contributed by atoms with van der Waals surface area (Å²) in [5, 5.41) is 16.2. The Morgan fingerprint density at radius 3 is 2.58 bits per heavy atom. The smallest absolute Gasteiger partial charge is 0.253 e. The number of hydrogen-bond acceptors (Lipinski definition) is 5. The van der Waals surface area contributed by atoms with Gasteiger partial charge in [0.15, 0.2) is 11.0 Å². The molecule has 10 heteroatoms. The molecule has 7 nitrogen and oxygen atoms in total. The van der Waals surface area contributed by atoms with E-state index in [9.17, 15) is 9.59 Å². The van der Waals surface area contributed by atoms with Crippen LogP contribution in [0.1, 0.15) is 74.6 Å². The number of aromatic nitrogens is 3. The first-order valence-corrected chi connectivity index (χ1v) is 13.1. The molecule has 1 aliphatic carbocycles. The van der Waals surface area contributed by atoms with E-state index in [1.807, 2.05) is 11.6 Å². The second-order valence-electron chi connectivity index (χ2n) is 8.87. The van der Waals surface area contributed by atoms with Crippen LogP contribution in [0.15, 0.2) is 23.4 Å². The topological polar surface area (TPSA) is 88.9 Å². The molecule has 0 unspecified atom stereocenters. The lowest BCUT2D eigenvalue weighted by Gasteiger charge is -2.22. The zero-order chi connectivity index (χ0) is 24.0. The van der Waals surface area contributed by atoms with E-state index < -0.39 is 0 Å². The van der Waals surface area contributed by atoms with E-state index in [1.165, 1.54) is 31.0 Å². The lowest BCUT2D eigenvalue weighted by atomic mass is 9.95. The van der Waals surface area contributed by atoms with Crippen LogP contribution in [0, 0.1) is 5.92 Å². The summed E-state index contributed by atoms with van der Waals surface area (Å²) in [6, 6.07) is 4.72. The SMILES string of the molecule is CC(C)C[C@H](NC(=O)c1ccc(Cl)cc1Cl)c1nnc(SCC(=O)NC2CCCCC2)n1C. The predicted octanol–water partition coefficient (Wildman–Crippen LogP) is 5.18. The first-order chi connectivity index (χ1) is 15.7. The molecule has 0 bridgehead atoms. The molecule has 3 rings (SSSR count). The Morgan fingerprint density at radius 1 is 1.18 bits per heavy atom. The fourth-order valence-corrected chi connectivity index (χ4v) is 5.24. The molecule has 1 fully saturated rings. The molecule has 180 valence electrons. The van der Waals surface area contributed by atoms with Gasteiger partial charge in [-0.3, -0.25) is 9.59 Å². The van der Waals surface area contributed by atoms with Gasteiger partial charge in [-0.15, -0.1) is 10.2 Å². The molecule has 1 heterocycles. The number of rotatable bonds is 9. The minimum atomic E-state index is -0.354. The minimum Gasteiger partial charge on any atom is -0.353 e. The van der Waals surface area contributed by atoms with Gasteiger partial charge in [-0.1, -0.05) is 68.1 Å². The molecule has 1 atom stereocenters. The van der Waals surface area contributed by atoms with Crippen molar-refractivity contribution in [2.24, 2.45) is 13.0 Å². The van der Waals surface area contributed by atoms with Gasteiger partial charge in [0.1, 0.15) is 0 Å². The van der Waals surface area contributed by atoms with Gasteiger partial charge in [0.25, 0.3) is 5.91 Å². The Hall–Kier alpha value is -1.77. The van der Waals surface area contributed by atoms with Crippen LogP contribution in [0.3, 0.4) is 0 Å². The standard InChI is InChI=1S/C23H31Cl2N5O2S/c1-14(2)11-19(27-22(32)17-10-9-15(24)12-18(17)25)21-28-29-23(30(21)3)33-13-20(31)26-16-7-5-4-6-8-16/h9-10,12,14,16,19H,4-8,11,13H2,1-3H3,(H,26,31)(H,27,32)/t19-/m0/s1. The van der Waals surface area contributed by atoms with Crippen molar-refractivity contribution in [3.8, 4) is 0 Å². The summed E-state index contributed by atoms with van der Waals surface area (Å²) in [6.45, 7) is 4.16. The van der Waals surface area contributed by atoms with Gasteiger partial charge in [0, 0.05) is 18.1 Å². The maximum atomic E-state index is 12.9. The van der Waals surface area contributed by atoms with Gasteiger partial charge in [0.2, 0.25) is 5.91 Å². The molecule has 1 aromatic carbocycles. The van der Waals surface area contributed by atoms with Gasteiger partial charge < -0.3 is 15.2 Å². The van der Waals surface area contributed by atoms with Crippen molar-refractivity contribution in [1.82, 2.24) is 25.4 Å².